The number of benzene rings is 1. The molecule has 15 heavy (non-hydrogen) atoms. The maximum atomic E-state index is 13.5. The SMILES string of the molecule is Cc1ccc(-c2ncc(Br)cn2)c(F)c1. The Hall–Kier alpha value is -1.29. The number of aromatic nitrogens is 2. The van der Waals surface area contributed by atoms with Crippen LogP contribution in [0.5, 0.6) is 0 Å². The summed E-state index contributed by atoms with van der Waals surface area (Å²) < 4.78 is 14.3. The third-order valence-electron chi connectivity index (χ3n) is 1.99. The van der Waals surface area contributed by atoms with Gasteiger partial charge in [-0.15, -0.1) is 0 Å². The number of halogens is 2. The van der Waals surface area contributed by atoms with E-state index in [2.05, 4.69) is 25.9 Å². The Bertz CT molecular complexity index is 482. The van der Waals surface area contributed by atoms with Crippen molar-refractivity contribution >= 4 is 15.9 Å². The molecule has 0 saturated heterocycles. The Morgan fingerprint density at radius 3 is 2.47 bits per heavy atom. The molecule has 76 valence electrons. The van der Waals surface area contributed by atoms with Crippen molar-refractivity contribution in [3.63, 3.8) is 0 Å². The number of hydrogen-bond donors (Lipinski definition) is 0. The fraction of sp³-hybridized carbons (Fsp3) is 0.0909. The molecule has 0 N–H and O–H groups in total. The van der Waals surface area contributed by atoms with Gasteiger partial charge in [0.1, 0.15) is 5.82 Å². The predicted octanol–water partition coefficient (Wildman–Crippen LogP) is 3.35. The Kier molecular flexibility index (Phi) is 2.77. The van der Waals surface area contributed by atoms with Crippen LogP contribution < -0.4 is 0 Å². The molecule has 0 aliphatic carbocycles. The molecule has 0 saturated carbocycles. The molecule has 2 aromatic rings. The van der Waals surface area contributed by atoms with Crippen LogP contribution in [0.1, 0.15) is 5.56 Å². The lowest BCUT2D eigenvalue weighted by Gasteiger charge is -2.02. The van der Waals surface area contributed by atoms with Crippen LogP contribution in [0.15, 0.2) is 35.1 Å². The largest absolute Gasteiger partial charge is 0.235 e. The summed E-state index contributed by atoms with van der Waals surface area (Å²) in [5.74, 6) is 0.105. The van der Waals surface area contributed by atoms with Crippen molar-refractivity contribution in [2.75, 3.05) is 0 Å². The highest BCUT2D eigenvalue weighted by molar-refractivity contribution is 9.10. The molecule has 0 bridgehead atoms. The number of aryl methyl sites for hydroxylation is 1. The van der Waals surface area contributed by atoms with Gasteiger partial charge in [-0.25, -0.2) is 14.4 Å². The molecule has 0 spiro atoms. The van der Waals surface area contributed by atoms with Gasteiger partial charge >= 0.3 is 0 Å². The van der Waals surface area contributed by atoms with E-state index in [1.165, 1.54) is 6.07 Å². The molecule has 0 unspecified atom stereocenters. The number of hydrogen-bond acceptors (Lipinski definition) is 2. The molecule has 0 aliphatic rings. The average Bonchev–Trinajstić information content (AvgIpc) is 2.20. The molecule has 0 radical (unpaired) electrons. The Morgan fingerprint density at radius 1 is 1.20 bits per heavy atom. The van der Waals surface area contributed by atoms with Gasteiger partial charge in [-0.05, 0) is 40.5 Å². The normalized spacial score (nSPS) is 10.3. The quantitative estimate of drug-likeness (QED) is 0.791. The van der Waals surface area contributed by atoms with Crippen LogP contribution in [-0.4, -0.2) is 9.97 Å². The molecule has 0 atom stereocenters. The lowest BCUT2D eigenvalue weighted by atomic mass is 10.1. The first-order valence-electron chi connectivity index (χ1n) is 4.41. The van der Waals surface area contributed by atoms with Crippen molar-refractivity contribution in [1.82, 2.24) is 9.97 Å². The van der Waals surface area contributed by atoms with Crippen LogP contribution in [0, 0.1) is 12.7 Å². The van der Waals surface area contributed by atoms with Crippen molar-refractivity contribution in [3.05, 3.63) is 46.4 Å². The third kappa shape index (κ3) is 2.21. The Balaban J connectivity index is 2.49. The molecule has 1 heterocycles. The molecule has 1 aromatic heterocycles. The van der Waals surface area contributed by atoms with Gasteiger partial charge in [0, 0.05) is 12.4 Å². The molecule has 2 rings (SSSR count). The summed E-state index contributed by atoms with van der Waals surface area (Å²) >= 11 is 3.23. The summed E-state index contributed by atoms with van der Waals surface area (Å²) in [6.07, 6.45) is 3.20. The average molecular weight is 267 g/mol. The summed E-state index contributed by atoms with van der Waals surface area (Å²) in [5.41, 5.74) is 1.31. The van der Waals surface area contributed by atoms with Crippen molar-refractivity contribution in [1.29, 1.82) is 0 Å². The van der Waals surface area contributed by atoms with Crippen molar-refractivity contribution < 1.29 is 4.39 Å². The van der Waals surface area contributed by atoms with E-state index in [-0.39, 0.29) is 5.82 Å². The molecule has 0 fully saturated rings. The lowest BCUT2D eigenvalue weighted by Crippen LogP contribution is -1.91. The highest BCUT2D eigenvalue weighted by atomic mass is 79.9. The van der Waals surface area contributed by atoms with Crippen LogP contribution in [0.25, 0.3) is 11.4 Å². The van der Waals surface area contributed by atoms with Gasteiger partial charge in [0.25, 0.3) is 0 Å². The standard InChI is InChI=1S/C11H8BrFN2/c1-7-2-3-9(10(13)4-7)11-14-5-8(12)6-15-11/h2-6H,1H3. The fourth-order valence-corrected chi connectivity index (χ4v) is 1.46. The molecule has 2 nitrogen and oxygen atoms in total. The van der Waals surface area contributed by atoms with Crippen LogP contribution >= 0.6 is 15.9 Å². The topological polar surface area (TPSA) is 25.8 Å². The van der Waals surface area contributed by atoms with Gasteiger partial charge in [-0.1, -0.05) is 6.07 Å². The lowest BCUT2D eigenvalue weighted by molar-refractivity contribution is 0.628. The van der Waals surface area contributed by atoms with Gasteiger partial charge < -0.3 is 0 Å². The Morgan fingerprint density at radius 2 is 1.87 bits per heavy atom. The number of nitrogens with zero attached hydrogens (tertiary/aromatic N) is 2. The smallest absolute Gasteiger partial charge is 0.162 e. The second-order valence-corrected chi connectivity index (χ2v) is 4.12. The van der Waals surface area contributed by atoms with Crippen LogP contribution in [0.3, 0.4) is 0 Å². The van der Waals surface area contributed by atoms with E-state index in [9.17, 15) is 4.39 Å². The van der Waals surface area contributed by atoms with Crippen LogP contribution in [0.2, 0.25) is 0 Å². The van der Waals surface area contributed by atoms with Crippen LogP contribution in [0.4, 0.5) is 4.39 Å². The monoisotopic (exact) mass is 266 g/mol. The first-order valence-corrected chi connectivity index (χ1v) is 5.20. The van der Waals surface area contributed by atoms with Gasteiger partial charge in [0.15, 0.2) is 5.82 Å². The van der Waals surface area contributed by atoms with E-state index >= 15 is 0 Å². The van der Waals surface area contributed by atoms with E-state index in [0.717, 1.165) is 10.0 Å². The minimum absolute atomic E-state index is 0.294. The van der Waals surface area contributed by atoms with E-state index < -0.39 is 0 Å². The summed E-state index contributed by atoms with van der Waals surface area (Å²) in [5, 5.41) is 0. The highest BCUT2D eigenvalue weighted by Gasteiger charge is 2.07. The highest BCUT2D eigenvalue weighted by Crippen LogP contribution is 2.20. The molecular weight excluding hydrogens is 259 g/mol. The van der Waals surface area contributed by atoms with E-state index in [0.29, 0.717) is 11.4 Å². The second-order valence-electron chi connectivity index (χ2n) is 3.21. The molecular formula is C11H8BrFN2. The van der Waals surface area contributed by atoms with E-state index in [1.54, 1.807) is 18.5 Å². The maximum Gasteiger partial charge on any atom is 0.162 e. The minimum atomic E-state index is -0.294. The van der Waals surface area contributed by atoms with Gasteiger partial charge in [-0.2, -0.15) is 0 Å². The van der Waals surface area contributed by atoms with Crippen molar-refractivity contribution in [3.8, 4) is 11.4 Å². The maximum absolute atomic E-state index is 13.5. The second kappa shape index (κ2) is 4.06. The van der Waals surface area contributed by atoms with E-state index in [4.69, 9.17) is 0 Å². The third-order valence-corrected chi connectivity index (χ3v) is 2.40. The molecule has 0 amide bonds. The molecule has 1 aromatic carbocycles. The van der Waals surface area contributed by atoms with Crippen molar-refractivity contribution in [2.24, 2.45) is 0 Å². The first kappa shape index (κ1) is 10.2. The fourth-order valence-electron chi connectivity index (χ4n) is 1.25. The van der Waals surface area contributed by atoms with Gasteiger partial charge in [0.05, 0.1) is 10.0 Å². The molecule has 0 aliphatic heterocycles. The molecule has 4 heteroatoms. The first-order chi connectivity index (χ1) is 7.16. The van der Waals surface area contributed by atoms with Gasteiger partial charge in [-0.3, -0.25) is 0 Å². The van der Waals surface area contributed by atoms with Crippen LogP contribution in [-0.2, 0) is 0 Å². The predicted molar refractivity (Wildman–Crippen MR) is 59.9 cm³/mol. The summed E-state index contributed by atoms with van der Waals surface area (Å²) in [6.45, 7) is 1.84. The zero-order valence-corrected chi connectivity index (χ0v) is 9.62. The summed E-state index contributed by atoms with van der Waals surface area (Å²) in [7, 11) is 0. The Labute approximate surface area is 95.3 Å². The zero-order chi connectivity index (χ0) is 10.8. The van der Waals surface area contributed by atoms with Crippen molar-refractivity contribution in [2.45, 2.75) is 6.92 Å². The van der Waals surface area contributed by atoms with E-state index in [1.807, 2.05) is 13.0 Å². The van der Waals surface area contributed by atoms with Gasteiger partial charge in [0.2, 0.25) is 0 Å². The number of rotatable bonds is 1. The minimum Gasteiger partial charge on any atom is -0.235 e. The summed E-state index contributed by atoms with van der Waals surface area (Å²) in [6, 6.07) is 5.00. The zero-order valence-electron chi connectivity index (χ0n) is 8.04. The summed E-state index contributed by atoms with van der Waals surface area (Å²) in [4.78, 5) is 8.08.